The molecule has 0 saturated carbocycles. The third-order valence-electron chi connectivity index (χ3n) is 3.37. The normalized spacial score (nSPS) is 10.5. The van der Waals surface area contributed by atoms with Crippen LogP contribution in [0.25, 0.3) is 6.08 Å². The molecule has 0 aliphatic carbocycles. The summed E-state index contributed by atoms with van der Waals surface area (Å²) < 4.78 is 5.36. The average molecular weight is 338 g/mol. The van der Waals surface area contributed by atoms with E-state index in [1.54, 1.807) is 30.3 Å². The van der Waals surface area contributed by atoms with Gasteiger partial charge in [0.2, 0.25) is 5.91 Å². The summed E-state index contributed by atoms with van der Waals surface area (Å²) in [7, 11) is 0. The monoisotopic (exact) mass is 338 g/mol. The Morgan fingerprint density at radius 1 is 1.04 bits per heavy atom. The van der Waals surface area contributed by atoms with Gasteiger partial charge in [-0.15, -0.1) is 0 Å². The number of hydrogen-bond acceptors (Lipinski definition) is 3. The van der Waals surface area contributed by atoms with Gasteiger partial charge in [-0.1, -0.05) is 29.8 Å². The molecule has 0 unspecified atom stereocenters. The lowest BCUT2D eigenvalue weighted by Gasteiger charge is -2.07. The van der Waals surface area contributed by atoms with Crippen molar-refractivity contribution < 1.29 is 14.3 Å². The molecule has 5 heteroatoms. The van der Waals surface area contributed by atoms with Crippen LogP contribution in [0.2, 0.25) is 0 Å². The number of carbonyl (C=O) groups is 2. The van der Waals surface area contributed by atoms with E-state index in [-0.39, 0.29) is 18.4 Å². The smallest absolute Gasteiger partial charge is 0.257 e. The fourth-order valence-electron chi connectivity index (χ4n) is 2.06. The Morgan fingerprint density at radius 2 is 1.72 bits per heavy atom. The van der Waals surface area contributed by atoms with Crippen molar-refractivity contribution in [3.8, 4) is 5.75 Å². The number of nitrogens with one attached hydrogen (secondary N) is 2. The fraction of sp³-hybridized carbons (Fsp3) is 0.200. The first kappa shape index (κ1) is 18.3. The molecule has 0 aromatic heterocycles. The second-order valence-corrected chi connectivity index (χ2v) is 5.50. The van der Waals surface area contributed by atoms with Crippen molar-refractivity contribution >= 4 is 23.6 Å². The highest BCUT2D eigenvalue weighted by molar-refractivity contribution is 6.01. The van der Waals surface area contributed by atoms with Gasteiger partial charge >= 0.3 is 0 Å². The lowest BCUT2D eigenvalue weighted by molar-refractivity contribution is -0.123. The van der Waals surface area contributed by atoms with Gasteiger partial charge in [0.25, 0.3) is 5.91 Å². The summed E-state index contributed by atoms with van der Waals surface area (Å²) in [6.07, 6.45) is 3.25. The van der Waals surface area contributed by atoms with Crippen LogP contribution in [-0.4, -0.2) is 25.0 Å². The first-order valence-electron chi connectivity index (χ1n) is 8.12. The molecule has 0 saturated heterocycles. The minimum atomic E-state index is -0.212. The van der Waals surface area contributed by atoms with E-state index >= 15 is 0 Å². The first-order valence-corrected chi connectivity index (χ1v) is 8.12. The minimum absolute atomic E-state index is 0.0289. The molecule has 2 rings (SSSR count). The van der Waals surface area contributed by atoms with Gasteiger partial charge in [-0.05, 0) is 49.8 Å². The number of benzene rings is 2. The van der Waals surface area contributed by atoms with Gasteiger partial charge in [0.15, 0.2) is 6.61 Å². The standard InChI is InChI=1S/C20H22N2O3/c1-3-21-20(24)14-25-18-11-9-17(10-12-18)22-19(23)13-8-16-6-4-15(2)5-7-16/h4-13H,3,14H2,1-2H3,(H,21,24)(H,22,23)/b13-8+. The third kappa shape index (κ3) is 6.51. The third-order valence-corrected chi connectivity index (χ3v) is 3.37. The SMILES string of the molecule is CCNC(=O)COc1ccc(NC(=O)/C=C/c2ccc(C)cc2)cc1. The molecule has 25 heavy (non-hydrogen) atoms. The Kier molecular flexibility index (Phi) is 6.77. The maximum atomic E-state index is 11.9. The molecule has 0 bridgehead atoms. The molecule has 0 atom stereocenters. The molecule has 0 aliphatic rings. The van der Waals surface area contributed by atoms with Gasteiger partial charge in [0.1, 0.15) is 5.75 Å². The quantitative estimate of drug-likeness (QED) is 0.762. The van der Waals surface area contributed by atoms with Crippen LogP contribution >= 0.6 is 0 Å². The number of aryl methyl sites for hydroxylation is 1. The van der Waals surface area contributed by atoms with Crippen LogP contribution in [0.5, 0.6) is 5.75 Å². The van der Waals surface area contributed by atoms with E-state index in [0.29, 0.717) is 18.0 Å². The summed E-state index contributed by atoms with van der Waals surface area (Å²) in [5.41, 5.74) is 2.80. The highest BCUT2D eigenvalue weighted by atomic mass is 16.5. The van der Waals surface area contributed by atoms with E-state index in [0.717, 1.165) is 5.56 Å². The molecule has 5 nitrogen and oxygen atoms in total. The Morgan fingerprint density at radius 3 is 2.36 bits per heavy atom. The Hall–Kier alpha value is -3.08. The van der Waals surface area contributed by atoms with Crippen molar-refractivity contribution in [2.75, 3.05) is 18.5 Å². The lowest BCUT2D eigenvalue weighted by Crippen LogP contribution is -2.28. The van der Waals surface area contributed by atoms with E-state index in [9.17, 15) is 9.59 Å². The summed E-state index contributed by atoms with van der Waals surface area (Å²) in [4.78, 5) is 23.3. The summed E-state index contributed by atoms with van der Waals surface area (Å²) in [5.74, 6) is 0.192. The molecular weight excluding hydrogens is 316 g/mol. The average Bonchev–Trinajstić information content (AvgIpc) is 2.61. The molecule has 2 N–H and O–H groups in total. The molecule has 2 aromatic rings. The van der Waals surface area contributed by atoms with Gasteiger partial charge in [-0.3, -0.25) is 9.59 Å². The number of hydrogen-bond donors (Lipinski definition) is 2. The molecule has 130 valence electrons. The van der Waals surface area contributed by atoms with Crippen molar-refractivity contribution in [1.82, 2.24) is 5.32 Å². The van der Waals surface area contributed by atoms with Crippen molar-refractivity contribution in [3.63, 3.8) is 0 Å². The van der Waals surface area contributed by atoms with E-state index in [1.807, 2.05) is 38.1 Å². The van der Waals surface area contributed by atoms with Crippen LogP contribution in [0.15, 0.2) is 54.6 Å². The summed E-state index contributed by atoms with van der Waals surface area (Å²) >= 11 is 0. The summed E-state index contributed by atoms with van der Waals surface area (Å²) in [6.45, 7) is 4.41. The zero-order chi connectivity index (χ0) is 18.1. The topological polar surface area (TPSA) is 67.4 Å². The number of ether oxygens (including phenoxy) is 1. The van der Waals surface area contributed by atoms with E-state index < -0.39 is 0 Å². The zero-order valence-electron chi connectivity index (χ0n) is 14.4. The van der Waals surface area contributed by atoms with E-state index in [4.69, 9.17) is 4.74 Å². The summed E-state index contributed by atoms with van der Waals surface area (Å²) in [5, 5.41) is 5.43. The van der Waals surface area contributed by atoms with Crippen LogP contribution in [0.3, 0.4) is 0 Å². The minimum Gasteiger partial charge on any atom is -0.484 e. The highest BCUT2D eigenvalue weighted by Crippen LogP contribution is 2.15. The van der Waals surface area contributed by atoms with Crippen molar-refractivity contribution in [3.05, 3.63) is 65.7 Å². The van der Waals surface area contributed by atoms with Gasteiger partial charge in [-0.2, -0.15) is 0 Å². The fourth-order valence-corrected chi connectivity index (χ4v) is 2.06. The Labute approximate surface area is 147 Å². The number of rotatable bonds is 7. The van der Waals surface area contributed by atoms with Crippen LogP contribution < -0.4 is 15.4 Å². The molecule has 2 amide bonds. The van der Waals surface area contributed by atoms with E-state index in [1.165, 1.54) is 11.6 Å². The van der Waals surface area contributed by atoms with Crippen LogP contribution in [-0.2, 0) is 9.59 Å². The van der Waals surface area contributed by atoms with Crippen LogP contribution in [0, 0.1) is 6.92 Å². The maximum absolute atomic E-state index is 11.9. The predicted molar refractivity (Wildman–Crippen MR) is 99.5 cm³/mol. The van der Waals surface area contributed by atoms with Crippen LogP contribution in [0.1, 0.15) is 18.1 Å². The Balaban J connectivity index is 1.84. The van der Waals surface area contributed by atoms with Crippen LogP contribution in [0.4, 0.5) is 5.69 Å². The zero-order valence-corrected chi connectivity index (χ0v) is 14.4. The molecule has 0 aliphatic heterocycles. The largest absolute Gasteiger partial charge is 0.484 e. The van der Waals surface area contributed by atoms with Gasteiger partial charge in [0, 0.05) is 18.3 Å². The second-order valence-electron chi connectivity index (χ2n) is 5.50. The first-order chi connectivity index (χ1) is 12.1. The highest BCUT2D eigenvalue weighted by Gasteiger charge is 2.02. The van der Waals surface area contributed by atoms with E-state index in [2.05, 4.69) is 10.6 Å². The van der Waals surface area contributed by atoms with Gasteiger partial charge in [-0.25, -0.2) is 0 Å². The molecular formula is C20H22N2O3. The number of likely N-dealkylation sites (N-methyl/N-ethyl adjacent to an activating group) is 1. The second kappa shape index (κ2) is 9.27. The lowest BCUT2D eigenvalue weighted by atomic mass is 10.1. The van der Waals surface area contributed by atoms with Crippen molar-refractivity contribution in [1.29, 1.82) is 0 Å². The van der Waals surface area contributed by atoms with Gasteiger partial charge < -0.3 is 15.4 Å². The molecule has 0 fully saturated rings. The number of carbonyl (C=O) groups excluding carboxylic acids is 2. The summed E-state index contributed by atoms with van der Waals surface area (Å²) in [6, 6.07) is 14.8. The predicted octanol–water partition coefficient (Wildman–Crippen LogP) is 3.16. The molecule has 2 aromatic carbocycles. The molecule has 0 heterocycles. The number of amides is 2. The Bertz CT molecular complexity index is 735. The molecule has 0 spiro atoms. The van der Waals surface area contributed by atoms with Crippen molar-refractivity contribution in [2.24, 2.45) is 0 Å². The van der Waals surface area contributed by atoms with Crippen molar-refractivity contribution in [2.45, 2.75) is 13.8 Å². The van der Waals surface area contributed by atoms with Gasteiger partial charge in [0.05, 0.1) is 0 Å². The number of anilines is 1. The maximum Gasteiger partial charge on any atom is 0.257 e. The molecule has 0 radical (unpaired) electrons.